The topological polar surface area (TPSA) is 66.5 Å². The van der Waals surface area contributed by atoms with Crippen molar-refractivity contribution < 1.29 is 13.2 Å². The van der Waals surface area contributed by atoms with E-state index in [2.05, 4.69) is 12.2 Å². The molecular formula is C15H22N2O3S. The summed E-state index contributed by atoms with van der Waals surface area (Å²) in [6.45, 7) is 2.86. The lowest BCUT2D eigenvalue weighted by atomic mass is 10.1. The van der Waals surface area contributed by atoms with Crippen LogP contribution in [-0.2, 0) is 9.84 Å². The molecule has 1 aromatic rings. The third-order valence-electron chi connectivity index (χ3n) is 3.80. The Kier molecular flexibility index (Phi) is 4.88. The maximum atomic E-state index is 12.6. The molecule has 1 aliphatic heterocycles. The maximum Gasteiger partial charge on any atom is 0.255 e. The van der Waals surface area contributed by atoms with Crippen LogP contribution in [0.15, 0.2) is 24.3 Å². The molecule has 1 aliphatic rings. The maximum absolute atomic E-state index is 12.6. The van der Waals surface area contributed by atoms with Gasteiger partial charge in [0.25, 0.3) is 5.91 Å². The lowest BCUT2D eigenvalue weighted by Gasteiger charge is -2.24. The molecular weight excluding hydrogens is 288 g/mol. The van der Waals surface area contributed by atoms with E-state index in [1.54, 1.807) is 18.0 Å². The van der Waals surface area contributed by atoms with Gasteiger partial charge in [-0.05, 0) is 25.0 Å². The Morgan fingerprint density at radius 1 is 1.38 bits per heavy atom. The molecule has 1 unspecified atom stereocenters. The Morgan fingerprint density at radius 2 is 2.10 bits per heavy atom. The number of hydrogen-bond donors (Lipinski definition) is 1. The third kappa shape index (κ3) is 3.75. The lowest BCUT2D eigenvalue weighted by Crippen LogP contribution is -2.38. The van der Waals surface area contributed by atoms with E-state index in [1.807, 2.05) is 18.2 Å². The second-order valence-corrected chi connectivity index (χ2v) is 7.67. The molecule has 0 saturated carbocycles. The van der Waals surface area contributed by atoms with Crippen LogP contribution in [-0.4, -0.2) is 50.4 Å². The van der Waals surface area contributed by atoms with Crippen molar-refractivity contribution in [3.63, 3.8) is 0 Å². The standard InChI is InChI=1S/C15H22N2O3S/c1-3-9-16-14-7-5-4-6-13(14)15(18)17(2)12-8-10-21(19,20)11-12/h4-7,12,16H,3,8-11H2,1-2H3. The molecule has 1 saturated heterocycles. The first-order valence-electron chi connectivity index (χ1n) is 7.25. The Labute approximate surface area is 126 Å². The van der Waals surface area contributed by atoms with Crippen LogP contribution in [0.2, 0.25) is 0 Å². The van der Waals surface area contributed by atoms with E-state index in [0.29, 0.717) is 12.0 Å². The molecule has 0 bridgehead atoms. The van der Waals surface area contributed by atoms with Gasteiger partial charge in [0.2, 0.25) is 0 Å². The lowest BCUT2D eigenvalue weighted by molar-refractivity contribution is 0.0748. The number of benzene rings is 1. The highest BCUT2D eigenvalue weighted by Gasteiger charge is 2.33. The van der Waals surface area contributed by atoms with Crippen molar-refractivity contribution in [2.75, 3.05) is 30.4 Å². The van der Waals surface area contributed by atoms with Crippen LogP contribution in [0.25, 0.3) is 0 Å². The molecule has 21 heavy (non-hydrogen) atoms. The van der Waals surface area contributed by atoms with E-state index in [4.69, 9.17) is 0 Å². The number of anilines is 1. The van der Waals surface area contributed by atoms with Gasteiger partial charge in [0.1, 0.15) is 0 Å². The van der Waals surface area contributed by atoms with Crippen LogP contribution >= 0.6 is 0 Å². The number of amides is 1. The molecule has 6 heteroatoms. The van der Waals surface area contributed by atoms with Crippen molar-refractivity contribution in [1.82, 2.24) is 4.90 Å². The average molecular weight is 310 g/mol. The van der Waals surface area contributed by atoms with Crippen molar-refractivity contribution in [3.8, 4) is 0 Å². The van der Waals surface area contributed by atoms with Gasteiger partial charge in [0.15, 0.2) is 9.84 Å². The number of nitrogens with zero attached hydrogens (tertiary/aromatic N) is 1. The second kappa shape index (κ2) is 6.47. The molecule has 1 amide bonds. The van der Waals surface area contributed by atoms with Crippen LogP contribution in [0.4, 0.5) is 5.69 Å². The van der Waals surface area contributed by atoms with Gasteiger partial charge in [0, 0.05) is 25.3 Å². The quantitative estimate of drug-likeness (QED) is 0.900. The summed E-state index contributed by atoms with van der Waals surface area (Å²) in [6.07, 6.45) is 1.49. The first-order valence-corrected chi connectivity index (χ1v) is 9.07. The van der Waals surface area contributed by atoms with E-state index in [0.717, 1.165) is 18.7 Å². The number of para-hydroxylation sites is 1. The molecule has 5 nitrogen and oxygen atoms in total. The van der Waals surface area contributed by atoms with Gasteiger partial charge in [-0.2, -0.15) is 0 Å². The monoisotopic (exact) mass is 310 g/mol. The molecule has 2 rings (SSSR count). The summed E-state index contributed by atoms with van der Waals surface area (Å²) in [4.78, 5) is 14.2. The summed E-state index contributed by atoms with van der Waals surface area (Å²) in [6, 6.07) is 7.14. The van der Waals surface area contributed by atoms with Crippen LogP contribution in [0, 0.1) is 0 Å². The minimum atomic E-state index is -2.99. The average Bonchev–Trinajstić information content (AvgIpc) is 2.84. The molecule has 0 aliphatic carbocycles. The fraction of sp³-hybridized carbons (Fsp3) is 0.533. The van der Waals surface area contributed by atoms with E-state index in [-0.39, 0.29) is 23.5 Å². The van der Waals surface area contributed by atoms with Crippen molar-refractivity contribution in [3.05, 3.63) is 29.8 Å². The zero-order valence-electron chi connectivity index (χ0n) is 12.5. The smallest absolute Gasteiger partial charge is 0.255 e. The van der Waals surface area contributed by atoms with Crippen molar-refractivity contribution in [2.24, 2.45) is 0 Å². The van der Waals surface area contributed by atoms with Crippen LogP contribution < -0.4 is 5.32 Å². The van der Waals surface area contributed by atoms with E-state index in [9.17, 15) is 13.2 Å². The van der Waals surface area contributed by atoms with Crippen molar-refractivity contribution in [1.29, 1.82) is 0 Å². The largest absolute Gasteiger partial charge is 0.384 e. The minimum Gasteiger partial charge on any atom is -0.384 e. The summed E-state index contributed by atoms with van der Waals surface area (Å²) >= 11 is 0. The summed E-state index contributed by atoms with van der Waals surface area (Å²) < 4.78 is 23.1. The van der Waals surface area contributed by atoms with Gasteiger partial charge >= 0.3 is 0 Å². The molecule has 1 heterocycles. The van der Waals surface area contributed by atoms with Gasteiger partial charge in [-0.1, -0.05) is 19.1 Å². The molecule has 1 aromatic carbocycles. The second-order valence-electron chi connectivity index (χ2n) is 5.45. The SMILES string of the molecule is CCCNc1ccccc1C(=O)N(C)C1CCS(=O)(=O)C1. The number of sulfone groups is 1. The van der Waals surface area contributed by atoms with Gasteiger partial charge in [-0.25, -0.2) is 8.42 Å². The van der Waals surface area contributed by atoms with Crippen molar-refractivity contribution >= 4 is 21.4 Å². The summed E-state index contributed by atoms with van der Waals surface area (Å²) in [7, 11) is -1.31. The number of nitrogens with one attached hydrogen (secondary N) is 1. The van der Waals surface area contributed by atoms with Crippen LogP contribution in [0.3, 0.4) is 0 Å². The first kappa shape index (κ1) is 15.8. The third-order valence-corrected chi connectivity index (χ3v) is 5.55. The fourth-order valence-corrected chi connectivity index (χ4v) is 4.29. The summed E-state index contributed by atoms with van der Waals surface area (Å²) in [5, 5.41) is 3.24. The van der Waals surface area contributed by atoms with Crippen LogP contribution in [0.1, 0.15) is 30.1 Å². The van der Waals surface area contributed by atoms with Gasteiger partial charge < -0.3 is 10.2 Å². The normalized spacial score (nSPS) is 20.2. The number of carbonyl (C=O) groups is 1. The molecule has 1 atom stereocenters. The van der Waals surface area contributed by atoms with E-state index < -0.39 is 9.84 Å². The Morgan fingerprint density at radius 3 is 2.71 bits per heavy atom. The molecule has 0 spiro atoms. The molecule has 0 radical (unpaired) electrons. The molecule has 1 fully saturated rings. The van der Waals surface area contributed by atoms with Gasteiger partial charge in [-0.3, -0.25) is 4.79 Å². The first-order chi connectivity index (χ1) is 9.94. The van der Waals surface area contributed by atoms with E-state index in [1.165, 1.54) is 0 Å². The number of hydrogen-bond acceptors (Lipinski definition) is 4. The minimum absolute atomic E-state index is 0.0692. The van der Waals surface area contributed by atoms with Crippen molar-refractivity contribution in [2.45, 2.75) is 25.8 Å². The van der Waals surface area contributed by atoms with Gasteiger partial charge in [0.05, 0.1) is 17.1 Å². The predicted molar refractivity (Wildman–Crippen MR) is 84.4 cm³/mol. The highest BCUT2D eigenvalue weighted by Crippen LogP contribution is 2.22. The predicted octanol–water partition coefficient (Wildman–Crippen LogP) is 1.77. The summed E-state index contributed by atoms with van der Waals surface area (Å²) in [5.41, 5.74) is 1.40. The molecule has 116 valence electrons. The molecule has 0 aromatic heterocycles. The number of carbonyl (C=O) groups excluding carboxylic acids is 1. The zero-order valence-corrected chi connectivity index (χ0v) is 13.3. The Bertz CT molecular complexity index is 613. The fourth-order valence-electron chi connectivity index (χ4n) is 2.52. The van der Waals surface area contributed by atoms with Gasteiger partial charge in [-0.15, -0.1) is 0 Å². The molecule has 1 N–H and O–H groups in total. The van der Waals surface area contributed by atoms with E-state index >= 15 is 0 Å². The highest BCUT2D eigenvalue weighted by atomic mass is 32.2. The number of rotatable bonds is 5. The van der Waals surface area contributed by atoms with Crippen LogP contribution in [0.5, 0.6) is 0 Å². The zero-order chi connectivity index (χ0) is 15.5. The summed E-state index contributed by atoms with van der Waals surface area (Å²) in [5.74, 6) is 0.112. The Hall–Kier alpha value is -1.56. The highest BCUT2D eigenvalue weighted by molar-refractivity contribution is 7.91. The Balaban J connectivity index is 2.16.